The van der Waals surface area contributed by atoms with Crippen LogP contribution in [0.1, 0.15) is 19.4 Å². The summed E-state index contributed by atoms with van der Waals surface area (Å²) >= 11 is 0. The topological polar surface area (TPSA) is 44.5 Å². The Bertz CT molecular complexity index is 372. The maximum atomic E-state index is 13.8. The lowest BCUT2D eigenvalue weighted by molar-refractivity contribution is 0.341. The van der Waals surface area contributed by atoms with Gasteiger partial charge in [-0.3, -0.25) is 0 Å². The Morgan fingerprint density at radius 2 is 1.44 bits per heavy atom. The molecule has 0 fully saturated rings. The van der Waals surface area contributed by atoms with Crippen LogP contribution in [0.25, 0.3) is 0 Å². The number of rotatable bonds is 3. The molecular weight excluding hydrogens is 216 g/mol. The molecule has 0 heterocycles. The second-order valence-electron chi connectivity index (χ2n) is 4.01. The zero-order valence-corrected chi connectivity index (χ0v) is 9.73. The van der Waals surface area contributed by atoms with E-state index >= 15 is 0 Å². The number of hydrogen-bond donors (Lipinski definition) is 1. The van der Waals surface area contributed by atoms with Crippen molar-refractivity contribution in [1.29, 1.82) is 0 Å². The van der Waals surface area contributed by atoms with Crippen LogP contribution in [0.5, 0.6) is 11.5 Å². The summed E-state index contributed by atoms with van der Waals surface area (Å²) in [6, 6.07) is 1.15. The highest BCUT2D eigenvalue weighted by Gasteiger charge is 2.29. The lowest BCUT2D eigenvalue weighted by Gasteiger charge is -2.22. The molecule has 0 aromatic heterocycles. The highest BCUT2D eigenvalue weighted by molar-refractivity contribution is 5.44. The fraction of sp³-hybridized carbons (Fsp3) is 0.455. The lowest BCUT2D eigenvalue weighted by Crippen LogP contribution is -2.31. The summed E-state index contributed by atoms with van der Waals surface area (Å²) in [6.45, 7) is 3.01. The van der Waals surface area contributed by atoms with Crippen LogP contribution in [-0.4, -0.2) is 14.2 Å². The molecule has 16 heavy (non-hydrogen) atoms. The minimum Gasteiger partial charge on any atom is -0.494 e. The average Bonchev–Trinajstić information content (AvgIpc) is 2.16. The second kappa shape index (κ2) is 4.25. The second-order valence-corrected chi connectivity index (χ2v) is 4.01. The molecule has 0 bridgehead atoms. The maximum absolute atomic E-state index is 13.8. The minimum atomic E-state index is -1.16. The lowest BCUT2D eigenvalue weighted by atomic mass is 9.93. The van der Waals surface area contributed by atoms with Crippen molar-refractivity contribution in [2.75, 3.05) is 14.2 Å². The SMILES string of the molecule is COc1cc(OC)c(F)c(C(C)(C)N)c1F. The van der Waals surface area contributed by atoms with Crippen LogP contribution < -0.4 is 15.2 Å². The predicted molar refractivity (Wildman–Crippen MR) is 56.7 cm³/mol. The van der Waals surface area contributed by atoms with Gasteiger partial charge in [-0.15, -0.1) is 0 Å². The highest BCUT2D eigenvalue weighted by atomic mass is 19.1. The van der Waals surface area contributed by atoms with Gasteiger partial charge < -0.3 is 15.2 Å². The smallest absolute Gasteiger partial charge is 0.173 e. The van der Waals surface area contributed by atoms with Crippen LogP contribution >= 0.6 is 0 Å². The first-order valence-corrected chi connectivity index (χ1v) is 4.72. The van der Waals surface area contributed by atoms with Crippen LogP contribution in [0.2, 0.25) is 0 Å². The first-order valence-electron chi connectivity index (χ1n) is 4.72. The molecule has 0 saturated heterocycles. The van der Waals surface area contributed by atoms with Crippen LogP contribution in [0.15, 0.2) is 6.07 Å². The number of ether oxygens (including phenoxy) is 2. The van der Waals surface area contributed by atoms with Crippen molar-refractivity contribution in [2.24, 2.45) is 5.73 Å². The first kappa shape index (κ1) is 12.7. The largest absolute Gasteiger partial charge is 0.494 e. The molecule has 1 rings (SSSR count). The highest BCUT2D eigenvalue weighted by Crippen LogP contribution is 2.35. The van der Waals surface area contributed by atoms with Gasteiger partial charge in [-0.1, -0.05) is 0 Å². The molecule has 3 nitrogen and oxygen atoms in total. The molecule has 0 aliphatic carbocycles. The monoisotopic (exact) mass is 231 g/mol. The molecule has 0 amide bonds. The Balaban J connectivity index is 3.56. The van der Waals surface area contributed by atoms with Gasteiger partial charge in [0.05, 0.1) is 19.8 Å². The molecule has 1 aromatic carbocycles. The van der Waals surface area contributed by atoms with Crippen LogP contribution in [0.4, 0.5) is 8.78 Å². The van der Waals surface area contributed by atoms with Gasteiger partial charge in [0.1, 0.15) is 0 Å². The summed E-state index contributed by atoms with van der Waals surface area (Å²) in [5.74, 6) is -1.78. The Morgan fingerprint density at radius 1 is 1.06 bits per heavy atom. The normalized spacial score (nSPS) is 11.4. The van der Waals surface area contributed by atoms with Gasteiger partial charge in [0.15, 0.2) is 23.1 Å². The summed E-state index contributed by atoms with van der Waals surface area (Å²) in [4.78, 5) is 0. The van der Waals surface area contributed by atoms with Gasteiger partial charge in [-0.25, -0.2) is 8.78 Å². The van der Waals surface area contributed by atoms with Crippen molar-refractivity contribution >= 4 is 0 Å². The van der Waals surface area contributed by atoms with Crippen LogP contribution in [0, 0.1) is 11.6 Å². The van der Waals surface area contributed by atoms with Gasteiger partial charge in [0, 0.05) is 11.6 Å². The fourth-order valence-corrected chi connectivity index (χ4v) is 1.45. The zero-order valence-electron chi connectivity index (χ0n) is 9.73. The summed E-state index contributed by atoms with van der Waals surface area (Å²) in [7, 11) is 2.59. The molecule has 0 spiro atoms. The van der Waals surface area contributed by atoms with Crippen LogP contribution in [0.3, 0.4) is 0 Å². The molecule has 0 radical (unpaired) electrons. The van der Waals surface area contributed by atoms with E-state index < -0.39 is 17.2 Å². The Hall–Kier alpha value is -1.36. The fourth-order valence-electron chi connectivity index (χ4n) is 1.45. The molecule has 0 saturated carbocycles. The number of nitrogens with two attached hydrogens (primary N) is 1. The standard InChI is InChI=1S/C11H15F2NO2/c1-11(2,14)8-9(12)6(15-3)5-7(16-4)10(8)13/h5H,14H2,1-4H3. The zero-order chi connectivity index (χ0) is 12.5. The van der Waals surface area contributed by atoms with E-state index in [1.165, 1.54) is 28.1 Å². The quantitative estimate of drug-likeness (QED) is 0.867. The number of methoxy groups -OCH3 is 2. The third-order valence-corrected chi connectivity index (χ3v) is 2.22. The molecule has 90 valence electrons. The van der Waals surface area contributed by atoms with E-state index in [1.807, 2.05) is 0 Å². The first-order chi connectivity index (χ1) is 7.32. The molecule has 0 aliphatic heterocycles. The Kier molecular flexibility index (Phi) is 3.38. The van der Waals surface area contributed by atoms with Crippen molar-refractivity contribution in [3.63, 3.8) is 0 Å². The molecular formula is C11H15F2NO2. The van der Waals surface area contributed by atoms with Gasteiger partial charge in [0.2, 0.25) is 0 Å². The summed E-state index contributed by atoms with van der Waals surface area (Å²) in [5, 5.41) is 0. The summed E-state index contributed by atoms with van der Waals surface area (Å²) < 4.78 is 37.3. The van der Waals surface area contributed by atoms with E-state index in [1.54, 1.807) is 0 Å². The molecule has 0 unspecified atom stereocenters. The molecule has 2 N–H and O–H groups in total. The van der Waals surface area contributed by atoms with Crippen molar-refractivity contribution < 1.29 is 18.3 Å². The van der Waals surface area contributed by atoms with Gasteiger partial charge >= 0.3 is 0 Å². The van der Waals surface area contributed by atoms with E-state index in [9.17, 15) is 8.78 Å². The van der Waals surface area contributed by atoms with Crippen molar-refractivity contribution in [2.45, 2.75) is 19.4 Å². The predicted octanol–water partition coefficient (Wildman–Crippen LogP) is 2.18. The molecule has 0 atom stereocenters. The van der Waals surface area contributed by atoms with Crippen molar-refractivity contribution in [1.82, 2.24) is 0 Å². The Morgan fingerprint density at radius 3 is 1.69 bits per heavy atom. The number of hydrogen-bond acceptors (Lipinski definition) is 3. The van der Waals surface area contributed by atoms with Crippen molar-refractivity contribution in [3.8, 4) is 11.5 Å². The third kappa shape index (κ3) is 2.09. The average molecular weight is 231 g/mol. The molecule has 0 aliphatic rings. The van der Waals surface area contributed by atoms with Crippen LogP contribution in [-0.2, 0) is 5.54 Å². The summed E-state index contributed by atoms with van der Waals surface area (Å²) in [6.07, 6.45) is 0. The number of halogens is 2. The van der Waals surface area contributed by atoms with E-state index in [-0.39, 0.29) is 17.1 Å². The minimum absolute atomic E-state index is 0.0909. The van der Waals surface area contributed by atoms with E-state index in [4.69, 9.17) is 15.2 Å². The van der Waals surface area contributed by atoms with Crippen molar-refractivity contribution in [3.05, 3.63) is 23.3 Å². The number of benzene rings is 1. The van der Waals surface area contributed by atoms with Gasteiger partial charge in [0.25, 0.3) is 0 Å². The van der Waals surface area contributed by atoms with E-state index in [2.05, 4.69) is 0 Å². The Labute approximate surface area is 93.2 Å². The molecule has 1 aromatic rings. The third-order valence-electron chi connectivity index (χ3n) is 2.22. The van der Waals surface area contributed by atoms with Gasteiger partial charge in [-0.2, -0.15) is 0 Å². The van der Waals surface area contributed by atoms with E-state index in [0.29, 0.717) is 0 Å². The van der Waals surface area contributed by atoms with Gasteiger partial charge in [-0.05, 0) is 13.8 Å². The van der Waals surface area contributed by atoms with E-state index in [0.717, 1.165) is 6.07 Å². The summed E-state index contributed by atoms with van der Waals surface area (Å²) in [5.41, 5.74) is 4.31. The molecule has 5 heteroatoms. The maximum Gasteiger partial charge on any atom is 0.173 e.